The fourth-order valence-corrected chi connectivity index (χ4v) is 6.47. The minimum atomic E-state index is -0.498. The molecule has 0 aliphatic rings. The Morgan fingerprint density at radius 1 is 0.500 bits per heavy atom. The number of ether oxygens (including phenoxy) is 4. The molecule has 0 N–H and O–H groups in total. The molecule has 68 heavy (non-hydrogen) atoms. The van der Waals surface area contributed by atoms with Gasteiger partial charge in [0.15, 0.2) is 11.4 Å². The van der Waals surface area contributed by atoms with Crippen molar-refractivity contribution in [3.63, 3.8) is 0 Å². The smallest absolute Gasteiger partial charge is 0.343 e. The van der Waals surface area contributed by atoms with Crippen molar-refractivity contribution in [3.05, 3.63) is 209 Å². The summed E-state index contributed by atoms with van der Waals surface area (Å²) in [4.78, 5) is 50.7. The molecule has 12 heteroatoms. The van der Waals surface area contributed by atoms with E-state index in [0.29, 0.717) is 59.4 Å². The third-order valence-electron chi connectivity index (χ3n) is 10.4. The van der Waals surface area contributed by atoms with E-state index in [1.807, 2.05) is 98.8 Å². The first-order valence-electron chi connectivity index (χ1n) is 21.9. The maximum atomic E-state index is 12.8. The first-order valence-corrected chi connectivity index (χ1v) is 21.9. The van der Waals surface area contributed by atoms with Gasteiger partial charge in [0.05, 0.1) is 55.8 Å². The van der Waals surface area contributed by atoms with E-state index in [1.165, 1.54) is 0 Å². The van der Waals surface area contributed by atoms with Crippen LogP contribution in [0.4, 0.5) is 5.69 Å². The summed E-state index contributed by atoms with van der Waals surface area (Å²) in [6.07, 6.45) is 0. The summed E-state index contributed by atoms with van der Waals surface area (Å²) in [5.41, 5.74) is 7.65. The number of rotatable bonds is 22. The Kier molecular flexibility index (Phi) is 17.1. The molecule has 12 nitrogen and oxygen atoms in total. The monoisotopic (exact) mass is 908 g/mol. The molecule has 0 spiro atoms. The first kappa shape index (κ1) is 47.7. The van der Waals surface area contributed by atoms with Crippen LogP contribution >= 0.6 is 0 Å². The van der Waals surface area contributed by atoms with Crippen LogP contribution in [0.25, 0.3) is 27.1 Å². The molecule has 0 fully saturated rings. The second kappa shape index (κ2) is 24.3. The van der Waals surface area contributed by atoms with E-state index in [9.17, 15) is 9.59 Å². The number of benzene rings is 7. The zero-order valence-corrected chi connectivity index (χ0v) is 37.5. The summed E-state index contributed by atoms with van der Waals surface area (Å²) >= 11 is 0. The van der Waals surface area contributed by atoms with Crippen LogP contribution in [0, 0.1) is 29.7 Å². The fourth-order valence-electron chi connectivity index (χ4n) is 6.47. The zero-order chi connectivity index (χ0) is 47.5. The standard InChI is InChI=1S/C56H48N2O10/c1-39(33-61-52-26-20-49(21-27-52)56(60)67-53-28-16-46(17-29-53)44-10-4-41(32-57)5-11-44)35-63-55(59)48-12-6-42(7-13-48)37-65-64-36-40(2)34-62-51-24-8-43(9-25-51)38-66-68-54-30-18-47(19-31-54)45-14-22-50(58-3)23-15-45/h4-31,39-40H,33-38H2,1-2H3. The maximum Gasteiger partial charge on any atom is 0.343 e. The second-order valence-corrected chi connectivity index (χ2v) is 16.0. The molecule has 0 aliphatic heterocycles. The molecule has 0 bridgehead atoms. The van der Waals surface area contributed by atoms with E-state index < -0.39 is 11.9 Å². The molecule has 0 saturated carbocycles. The summed E-state index contributed by atoms with van der Waals surface area (Å²) in [6, 6.07) is 52.7. The highest BCUT2D eigenvalue weighted by atomic mass is 17.2. The van der Waals surface area contributed by atoms with Gasteiger partial charge in [0.25, 0.3) is 0 Å². The average molecular weight is 909 g/mol. The highest BCUT2D eigenvalue weighted by Crippen LogP contribution is 2.26. The fraction of sp³-hybridized carbons (Fsp3) is 0.179. The number of hydrogen-bond donors (Lipinski definition) is 0. The third-order valence-corrected chi connectivity index (χ3v) is 10.4. The molecule has 0 aliphatic carbocycles. The van der Waals surface area contributed by atoms with Gasteiger partial charge in [-0.25, -0.2) is 24.2 Å². The van der Waals surface area contributed by atoms with Gasteiger partial charge in [-0.2, -0.15) is 10.1 Å². The molecule has 7 aromatic rings. The van der Waals surface area contributed by atoms with Crippen LogP contribution in [-0.2, 0) is 32.6 Å². The van der Waals surface area contributed by atoms with E-state index in [4.69, 9.17) is 50.3 Å². The van der Waals surface area contributed by atoms with Crippen molar-refractivity contribution in [2.75, 3.05) is 26.4 Å². The van der Waals surface area contributed by atoms with Crippen molar-refractivity contribution in [1.29, 1.82) is 5.26 Å². The van der Waals surface area contributed by atoms with Gasteiger partial charge in [-0.15, -0.1) is 0 Å². The van der Waals surface area contributed by atoms with Gasteiger partial charge >= 0.3 is 11.9 Å². The van der Waals surface area contributed by atoms with Crippen LogP contribution < -0.4 is 19.1 Å². The molecule has 2 unspecified atom stereocenters. The predicted molar refractivity (Wildman–Crippen MR) is 255 cm³/mol. The van der Waals surface area contributed by atoms with Gasteiger partial charge in [0.1, 0.15) is 30.5 Å². The quantitative estimate of drug-likeness (QED) is 0.0160. The van der Waals surface area contributed by atoms with Crippen molar-refractivity contribution >= 4 is 17.6 Å². The number of esters is 2. The minimum Gasteiger partial charge on any atom is -0.493 e. The lowest BCUT2D eigenvalue weighted by Crippen LogP contribution is -2.18. The van der Waals surface area contributed by atoms with Gasteiger partial charge in [-0.05, 0) is 118 Å². The number of carbonyl (C=O) groups is 2. The highest BCUT2D eigenvalue weighted by molar-refractivity contribution is 5.91. The number of carbonyl (C=O) groups excluding carboxylic acids is 2. The highest BCUT2D eigenvalue weighted by Gasteiger charge is 2.14. The summed E-state index contributed by atoms with van der Waals surface area (Å²) in [7, 11) is 0. The van der Waals surface area contributed by atoms with Crippen molar-refractivity contribution in [2.24, 2.45) is 11.8 Å². The lowest BCUT2D eigenvalue weighted by atomic mass is 10.0. The van der Waals surface area contributed by atoms with Crippen LogP contribution in [0.5, 0.6) is 23.0 Å². The van der Waals surface area contributed by atoms with Crippen LogP contribution in [0.1, 0.15) is 51.3 Å². The van der Waals surface area contributed by atoms with Crippen LogP contribution in [0.15, 0.2) is 170 Å². The van der Waals surface area contributed by atoms with E-state index in [0.717, 1.165) is 39.1 Å². The Labute approximate surface area is 395 Å². The SMILES string of the molecule is [C-]#[N+]c1ccc(-c2ccc(OOCc3ccc(OCC(C)COOCc4ccc(C(=O)OCC(C)COc5ccc(C(=O)Oc6ccc(-c7ccc(C#N)cc7)cc6)cc5)cc4)cc3)cc2)cc1. The predicted octanol–water partition coefficient (Wildman–Crippen LogP) is 12.2. The number of nitrogens with zero attached hydrogens (tertiary/aromatic N) is 2. The Hall–Kier alpha value is -8.26. The van der Waals surface area contributed by atoms with Crippen LogP contribution in [0.2, 0.25) is 0 Å². The van der Waals surface area contributed by atoms with Crippen molar-refractivity contribution in [1.82, 2.24) is 0 Å². The molecule has 0 saturated heterocycles. The third kappa shape index (κ3) is 14.4. The van der Waals surface area contributed by atoms with E-state index in [2.05, 4.69) is 10.9 Å². The average Bonchev–Trinajstić information content (AvgIpc) is 3.39. The summed E-state index contributed by atoms with van der Waals surface area (Å²) < 4.78 is 22.9. The number of nitriles is 1. The van der Waals surface area contributed by atoms with Crippen LogP contribution in [-0.4, -0.2) is 38.4 Å². The van der Waals surface area contributed by atoms with Gasteiger partial charge in [-0.3, -0.25) is 0 Å². The lowest BCUT2D eigenvalue weighted by Gasteiger charge is -2.14. The largest absolute Gasteiger partial charge is 0.493 e. The Morgan fingerprint density at radius 3 is 1.50 bits per heavy atom. The molecule has 0 amide bonds. The summed E-state index contributed by atoms with van der Waals surface area (Å²) in [5, 5.41) is 9.01. The van der Waals surface area contributed by atoms with Gasteiger partial charge in [0.2, 0.25) is 0 Å². The van der Waals surface area contributed by atoms with Gasteiger partial charge in [0, 0.05) is 11.8 Å². The Balaban J connectivity index is 0.722. The molecule has 2 atom stereocenters. The number of hydrogen-bond acceptors (Lipinski definition) is 11. The molecule has 342 valence electrons. The normalized spacial score (nSPS) is 11.6. The molecule has 7 aromatic carbocycles. The van der Waals surface area contributed by atoms with E-state index in [-0.39, 0.29) is 31.7 Å². The Morgan fingerprint density at radius 2 is 0.941 bits per heavy atom. The van der Waals surface area contributed by atoms with Crippen molar-refractivity contribution in [2.45, 2.75) is 27.1 Å². The topological polar surface area (TPSA) is 136 Å². The molecule has 0 radical (unpaired) electrons. The lowest BCUT2D eigenvalue weighted by molar-refractivity contribution is -0.310. The molecule has 0 heterocycles. The van der Waals surface area contributed by atoms with Crippen molar-refractivity contribution in [3.8, 4) is 51.3 Å². The molecular weight excluding hydrogens is 861 g/mol. The summed E-state index contributed by atoms with van der Waals surface area (Å²) in [6.45, 7) is 12.7. The summed E-state index contributed by atoms with van der Waals surface area (Å²) in [5.74, 6) is 1.29. The molecule has 0 aromatic heterocycles. The van der Waals surface area contributed by atoms with Gasteiger partial charge < -0.3 is 23.8 Å². The second-order valence-electron chi connectivity index (χ2n) is 16.0. The van der Waals surface area contributed by atoms with Gasteiger partial charge in [-0.1, -0.05) is 98.8 Å². The van der Waals surface area contributed by atoms with E-state index in [1.54, 1.807) is 84.9 Å². The first-order chi connectivity index (χ1) is 33.2. The van der Waals surface area contributed by atoms with Crippen LogP contribution in [0.3, 0.4) is 0 Å². The minimum absolute atomic E-state index is 0.0523. The maximum absolute atomic E-state index is 12.8. The zero-order valence-electron chi connectivity index (χ0n) is 37.5. The van der Waals surface area contributed by atoms with Crippen molar-refractivity contribution < 1.29 is 48.1 Å². The molecule has 7 rings (SSSR count). The van der Waals surface area contributed by atoms with E-state index >= 15 is 0 Å². The molecular formula is C56H48N2O10. The Bertz CT molecular complexity index is 2780.